The highest BCUT2D eigenvalue weighted by Crippen LogP contribution is 2.27. The standard InChI is InChI=1S/C24H18N2/c1-3-7-17(8-4-1)21-15-13-19-11-12-20-14-16-22(18-9-5-2-6-10-18)26-24(20)23(19)25-21/h1-16,25-26H. The maximum atomic E-state index is 3.63. The lowest BCUT2D eigenvalue weighted by atomic mass is 10.0. The zero-order valence-corrected chi connectivity index (χ0v) is 14.2. The van der Waals surface area contributed by atoms with Crippen molar-refractivity contribution in [2.45, 2.75) is 0 Å². The van der Waals surface area contributed by atoms with Gasteiger partial charge in [0.25, 0.3) is 0 Å². The highest BCUT2D eigenvalue weighted by Gasteiger charge is 2.15. The first kappa shape index (κ1) is 14.8. The van der Waals surface area contributed by atoms with Gasteiger partial charge in [-0.1, -0.05) is 84.9 Å². The van der Waals surface area contributed by atoms with Crippen molar-refractivity contribution in [3.63, 3.8) is 0 Å². The summed E-state index contributed by atoms with van der Waals surface area (Å²) in [6, 6.07) is 25.2. The van der Waals surface area contributed by atoms with E-state index in [0.29, 0.717) is 0 Å². The number of fused-ring (bicyclic) bond motifs is 3. The van der Waals surface area contributed by atoms with Crippen LogP contribution in [0.4, 0.5) is 11.4 Å². The van der Waals surface area contributed by atoms with E-state index in [1.807, 2.05) is 12.1 Å². The summed E-state index contributed by atoms with van der Waals surface area (Å²) in [7, 11) is 0. The second-order valence-electron chi connectivity index (χ2n) is 6.47. The molecule has 0 fully saturated rings. The van der Waals surface area contributed by atoms with E-state index in [-0.39, 0.29) is 0 Å². The zero-order valence-electron chi connectivity index (χ0n) is 14.2. The summed E-state index contributed by atoms with van der Waals surface area (Å²) in [5, 5.41) is 9.65. The van der Waals surface area contributed by atoms with Gasteiger partial charge >= 0.3 is 0 Å². The van der Waals surface area contributed by atoms with Gasteiger partial charge in [0.05, 0.1) is 11.4 Å². The lowest BCUT2D eigenvalue weighted by Gasteiger charge is -2.23. The molecule has 3 aromatic rings. The first-order chi connectivity index (χ1) is 12.9. The van der Waals surface area contributed by atoms with Gasteiger partial charge in [-0.25, -0.2) is 0 Å². The minimum Gasteiger partial charge on any atom is -0.353 e. The van der Waals surface area contributed by atoms with E-state index in [1.54, 1.807) is 0 Å². The molecule has 124 valence electrons. The molecule has 0 saturated carbocycles. The fourth-order valence-electron chi connectivity index (χ4n) is 3.45. The van der Waals surface area contributed by atoms with Crippen LogP contribution in [0.15, 0.2) is 84.9 Å². The minimum absolute atomic E-state index is 1.11. The Balaban J connectivity index is 1.58. The minimum atomic E-state index is 1.11. The number of benzene rings is 3. The number of allylic oxidation sites excluding steroid dienone is 2. The molecule has 5 rings (SSSR count). The maximum Gasteiger partial charge on any atom is 0.0703 e. The molecule has 2 heteroatoms. The third-order valence-electron chi connectivity index (χ3n) is 4.82. The lowest BCUT2D eigenvalue weighted by molar-refractivity contribution is 1.42. The van der Waals surface area contributed by atoms with Crippen LogP contribution in [-0.2, 0) is 0 Å². The number of nitrogens with one attached hydrogen (secondary N) is 2. The van der Waals surface area contributed by atoms with Crippen LogP contribution < -0.4 is 21.1 Å². The molecule has 0 atom stereocenters. The molecule has 2 aliphatic heterocycles. The van der Waals surface area contributed by atoms with Gasteiger partial charge in [-0.15, -0.1) is 0 Å². The van der Waals surface area contributed by atoms with Crippen molar-refractivity contribution < 1.29 is 0 Å². The van der Waals surface area contributed by atoms with Crippen LogP contribution in [0.1, 0.15) is 11.1 Å². The predicted molar refractivity (Wildman–Crippen MR) is 111 cm³/mol. The molecule has 0 spiro atoms. The molecule has 0 aromatic heterocycles. The molecule has 2 aliphatic rings. The number of hydrogen-bond acceptors (Lipinski definition) is 2. The summed E-state index contributed by atoms with van der Waals surface area (Å²) < 4.78 is 0. The van der Waals surface area contributed by atoms with Crippen LogP contribution in [-0.4, -0.2) is 0 Å². The quantitative estimate of drug-likeness (QED) is 0.735. The number of rotatable bonds is 2. The Labute approximate surface area is 152 Å². The first-order valence-electron chi connectivity index (χ1n) is 8.80. The van der Waals surface area contributed by atoms with Crippen LogP contribution in [0.2, 0.25) is 0 Å². The highest BCUT2D eigenvalue weighted by atomic mass is 15.0. The average Bonchev–Trinajstić information content (AvgIpc) is 2.74. The molecule has 0 bridgehead atoms. The van der Waals surface area contributed by atoms with Crippen LogP contribution in [0, 0.1) is 0 Å². The first-order valence-corrected chi connectivity index (χ1v) is 8.80. The van der Waals surface area contributed by atoms with Gasteiger partial charge in [-0.3, -0.25) is 0 Å². The molecule has 0 saturated heterocycles. The maximum absolute atomic E-state index is 3.63. The van der Waals surface area contributed by atoms with Crippen molar-refractivity contribution in [1.29, 1.82) is 0 Å². The molecule has 2 N–H and O–H groups in total. The van der Waals surface area contributed by atoms with Crippen molar-refractivity contribution >= 4 is 34.9 Å². The summed E-state index contributed by atoms with van der Waals surface area (Å²) in [5.41, 5.74) is 6.85. The molecule has 2 nitrogen and oxygen atoms in total. The molecule has 0 aliphatic carbocycles. The Morgan fingerprint density at radius 2 is 0.846 bits per heavy atom. The van der Waals surface area contributed by atoms with E-state index in [9.17, 15) is 0 Å². The second-order valence-corrected chi connectivity index (χ2v) is 6.47. The third-order valence-corrected chi connectivity index (χ3v) is 4.82. The van der Waals surface area contributed by atoms with Gasteiger partial charge in [0.15, 0.2) is 0 Å². The average molecular weight is 334 g/mol. The largest absolute Gasteiger partial charge is 0.353 e. The van der Waals surface area contributed by atoms with Gasteiger partial charge in [0.2, 0.25) is 0 Å². The molecule has 0 radical (unpaired) electrons. The van der Waals surface area contributed by atoms with Crippen molar-refractivity contribution in [2.24, 2.45) is 0 Å². The normalized spacial score (nSPS) is 14.3. The van der Waals surface area contributed by atoms with E-state index in [2.05, 4.69) is 95.6 Å². The molecule has 0 amide bonds. The Morgan fingerprint density at radius 3 is 1.27 bits per heavy atom. The van der Waals surface area contributed by atoms with Gasteiger partial charge in [0.1, 0.15) is 0 Å². The Hall–Kier alpha value is -3.52. The van der Waals surface area contributed by atoms with Crippen LogP contribution >= 0.6 is 0 Å². The molecule has 2 heterocycles. The molecular weight excluding hydrogens is 316 g/mol. The summed E-state index contributed by atoms with van der Waals surface area (Å²) >= 11 is 0. The van der Waals surface area contributed by atoms with Crippen LogP contribution in [0.5, 0.6) is 0 Å². The second kappa shape index (κ2) is 6.08. The summed E-state index contributed by atoms with van der Waals surface area (Å²) in [6.45, 7) is 0. The van der Waals surface area contributed by atoms with E-state index in [4.69, 9.17) is 0 Å². The topological polar surface area (TPSA) is 24.1 Å². The van der Waals surface area contributed by atoms with Crippen molar-refractivity contribution in [3.8, 4) is 0 Å². The molecule has 3 aromatic carbocycles. The smallest absolute Gasteiger partial charge is 0.0703 e. The SMILES string of the molecule is C1=C(c2ccccc2)Nc2c3c(ccc2=C1)=CC=C(c1ccccc1)N3. The van der Waals surface area contributed by atoms with E-state index < -0.39 is 0 Å². The van der Waals surface area contributed by atoms with E-state index in [0.717, 1.165) is 22.8 Å². The van der Waals surface area contributed by atoms with E-state index >= 15 is 0 Å². The highest BCUT2D eigenvalue weighted by molar-refractivity contribution is 5.95. The lowest BCUT2D eigenvalue weighted by Crippen LogP contribution is -2.24. The van der Waals surface area contributed by atoms with Gasteiger partial charge in [-0.05, 0) is 23.3 Å². The predicted octanol–water partition coefficient (Wildman–Crippen LogP) is 4.18. The Morgan fingerprint density at radius 1 is 0.423 bits per heavy atom. The van der Waals surface area contributed by atoms with Gasteiger partial charge in [-0.2, -0.15) is 0 Å². The third kappa shape index (κ3) is 2.52. The number of anilines is 2. The zero-order chi connectivity index (χ0) is 17.3. The molecule has 0 unspecified atom stereocenters. The van der Waals surface area contributed by atoms with Crippen molar-refractivity contribution in [3.05, 3.63) is 107 Å². The summed E-state index contributed by atoms with van der Waals surface area (Å²) in [4.78, 5) is 0. The van der Waals surface area contributed by atoms with Crippen LogP contribution in [0.25, 0.3) is 23.5 Å². The fraction of sp³-hybridized carbons (Fsp3) is 0. The summed E-state index contributed by atoms with van der Waals surface area (Å²) in [5.74, 6) is 0. The van der Waals surface area contributed by atoms with E-state index in [1.165, 1.54) is 21.6 Å². The van der Waals surface area contributed by atoms with Gasteiger partial charge < -0.3 is 10.6 Å². The molecular formula is C24H18N2. The number of hydrogen-bond donors (Lipinski definition) is 2. The monoisotopic (exact) mass is 334 g/mol. The Bertz CT molecular complexity index is 1060. The van der Waals surface area contributed by atoms with Crippen LogP contribution in [0.3, 0.4) is 0 Å². The molecule has 26 heavy (non-hydrogen) atoms. The van der Waals surface area contributed by atoms with Crippen molar-refractivity contribution in [2.75, 3.05) is 10.6 Å². The Kier molecular flexibility index (Phi) is 3.46. The fourth-order valence-corrected chi connectivity index (χ4v) is 3.45. The van der Waals surface area contributed by atoms with Crippen molar-refractivity contribution in [1.82, 2.24) is 0 Å². The summed E-state index contributed by atoms with van der Waals surface area (Å²) in [6.07, 6.45) is 8.64. The van der Waals surface area contributed by atoms with Gasteiger partial charge in [0, 0.05) is 21.8 Å².